The highest BCUT2D eigenvalue weighted by molar-refractivity contribution is 5.93. The number of para-hydroxylation sites is 1. The van der Waals surface area contributed by atoms with Crippen molar-refractivity contribution in [3.8, 4) is 5.75 Å². The summed E-state index contributed by atoms with van der Waals surface area (Å²) in [6.07, 6.45) is -1.53. The van der Waals surface area contributed by atoms with Crippen molar-refractivity contribution in [2.24, 2.45) is 0 Å². The van der Waals surface area contributed by atoms with E-state index in [1.807, 2.05) is 0 Å². The van der Waals surface area contributed by atoms with E-state index in [1.54, 1.807) is 25.1 Å². The molecular weight excluding hydrogens is 222 g/mol. The first kappa shape index (κ1) is 11.5. The van der Waals surface area contributed by atoms with Crippen LogP contribution in [0.2, 0.25) is 0 Å². The molecule has 0 saturated carbocycles. The number of aliphatic hydroxyl groups excluding tert-OH is 1. The van der Waals surface area contributed by atoms with Crippen molar-refractivity contribution in [3.63, 3.8) is 0 Å². The molecule has 1 atom stereocenters. The van der Waals surface area contributed by atoms with Crippen LogP contribution in [0, 0.1) is 6.92 Å². The van der Waals surface area contributed by atoms with Crippen LogP contribution in [-0.2, 0) is 4.79 Å². The lowest BCUT2D eigenvalue weighted by atomic mass is 10.1. The number of H-pyrrole nitrogens is 1. The lowest BCUT2D eigenvalue weighted by Crippen LogP contribution is -2.11. The molecule has 0 aliphatic rings. The molecule has 2 aromatic rings. The molecule has 0 saturated heterocycles. The number of carboxylic acids is 1. The Morgan fingerprint density at radius 3 is 2.76 bits per heavy atom. The Morgan fingerprint density at radius 1 is 1.47 bits per heavy atom. The van der Waals surface area contributed by atoms with Crippen molar-refractivity contribution in [3.05, 3.63) is 29.5 Å². The van der Waals surface area contributed by atoms with E-state index in [0.717, 1.165) is 0 Å². The Kier molecular flexibility index (Phi) is 2.77. The van der Waals surface area contributed by atoms with Gasteiger partial charge in [0.2, 0.25) is 0 Å². The monoisotopic (exact) mass is 235 g/mol. The van der Waals surface area contributed by atoms with Crippen LogP contribution in [0.15, 0.2) is 18.2 Å². The van der Waals surface area contributed by atoms with Gasteiger partial charge in [-0.25, -0.2) is 4.79 Å². The normalized spacial score (nSPS) is 12.6. The second-order valence-corrected chi connectivity index (χ2v) is 3.79. The van der Waals surface area contributed by atoms with Gasteiger partial charge < -0.3 is 19.9 Å². The first-order valence-electron chi connectivity index (χ1n) is 5.12. The zero-order valence-corrected chi connectivity index (χ0v) is 9.52. The number of nitrogens with one attached hydrogen (secondary N) is 1. The van der Waals surface area contributed by atoms with Crippen molar-refractivity contribution in [2.45, 2.75) is 13.0 Å². The summed E-state index contributed by atoms with van der Waals surface area (Å²) in [7, 11) is 1.54. The van der Waals surface area contributed by atoms with Gasteiger partial charge in [0.05, 0.1) is 12.6 Å². The van der Waals surface area contributed by atoms with Gasteiger partial charge in [-0.2, -0.15) is 0 Å². The van der Waals surface area contributed by atoms with E-state index in [2.05, 4.69) is 4.98 Å². The predicted octanol–water partition coefficient (Wildman–Crippen LogP) is 1.60. The second-order valence-electron chi connectivity index (χ2n) is 3.79. The van der Waals surface area contributed by atoms with E-state index >= 15 is 0 Å². The number of aromatic nitrogens is 1. The molecule has 1 aromatic heterocycles. The number of carbonyl (C=O) groups is 1. The zero-order chi connectivity index (χ0) is 12.6. The predicted molar refractivity (Wildman–Crippen MR) is 62.2 cm³/mol. The maximum atomic E-state index is 10.9. The number of aliphatic hydroxyl groups is 1. The van der Waals surface area contributed by atoms with Gasteiger partial charge in [0.1, 0.15) is 5.75 Å². The molecule has 0 spiro atoms. The highest BCUT2D eigenvalue weighted by Gasteiger charge is 2.23. The first-order valence-corrected chi connectivity index (χ1v) is 5.12. The van der Waals surface area contributed by atoms with E-state index in [4.69, 9.17) is 9.84 Å². The third-order valence-electron chi connectivity index (χ3n) is 2.76. The van der Waals surface area contributed by atoms with E-state index < -0.39 is 12.1 Å². The average Bonchev–Trinajstić information content (AvgIpc) is 2.63. The van der Waals surface area contributed by atoms with Crippen molar-refractivity contribution in [1.29, 1.82) is 0 Å². The fourth-order valence-electron chi connectivity index (χ4n) is 1.99. The summed E-state index contributed by atoms with van der Waals surface area (Å²) in [6.45, 7) is 1.72. The molecule has 5 nitrogen and oxygen atoms in total. The molecule has 0 bridgehead atoms. The fraction of sp³-hybridized carbons (Fsp3) is 0.250. The standard InChI is InChI=1S/C12H13NO4/c1-6-9(11(14)12(15)16)7-4-3-5-8(17-2)10(7)13-6/h3-5,11,13-14H,1-2H3,(H,15,16). The van der Waals surface area contributed by atoms with Gasteiger partial charge in [-0.1, -0.05) is 12.1 Å². The first-order chi connectivity index (χ1) is 8.06. The molecule has 5 heteroatoms. The molecule has 3 N–H and O–H groups in total. The summed E-state index contributed by atoms with van der Waals surface area (Å²) in [5.74, 6) is -0.647. The van der Waals surface area contributed by atoms with Gasteiger partial charge in [0.15, 0.2) is 6.10 Å². The quantitative estimate of drug-likeness (QED) is 0.754. The van der Waals surface area contributed by atoms with Crippen LogP contribution in [0.3, 0.4) is 0 Å². The van der Waals surface area contributed by atoms with E-state index in [-0.39, 0.29) is 0 Å². The smallest absolute Gasteiger partial charge is 0.337 e. The molecule has 1 heterocycles. The number of hydrogen-bond donors (Lipinski definition) is 3. The fourth-order valence-corrected chi connectivity index (χ4v) is 1.99. The number of carboxylic acid groups (broad SMARTS) is 1. The highest BCUT2D eigenvalue weighted by Crippen LogP contribution is 2.32. The van der Waals surface area contributed by atoms with Crippen molar-refractivity contribution < 1.29 is 19.7 Å². The zero-order valence-electron chi connectivity index (χ0n) is 9.52. The van der Waals surface area contributed by atoms with E-state index in [1.165, 1.54) is 7.11 Å². The SMILES string of the molecule is COc1cccc2c(C(O)C(=O)O)c(C)[nH]c12. The van der Waals surface area contributed by atoms with Crippen LogP contribution in [-0.4, -0.2) is 28.3 Å². The molecule has 2 rings (SSSR count). The van der Waals surface area contributed by atoms with Crippen LogP contribution < -0.4 is 4.74 Å². The number of methoxy groups -OCH3 is 1. The number of benzene rings is 1. The number of aryl methyl sites for hydroxylation is 1. The Morgan fingerprint density at radius 2 is 2.18 bits per heavy atom. The van der Waals surface area contributed by atoms with Gasteiger partial charge in [-0.15, -0.1) is 0 Å². The second kappa shape index (κ2) is 4.10. The van der Waals surface area contributed by atoms with Gasteiger partial charge in [0, 0.05) is 16.6 Å². The number of fused-ring (bicyclic) bond motifs is 1. The number of rotatable bonds is 3. The van der Waals surface area contributed by atoms with Crippen LogP contribution >= 0.6 is 0 Å². The third-order valence-corrected chi connectivity index (χ3v) is 2.76. The molecular formula is C12H13NO4. The van der Waals surface area contributed by atoms with Crippen LogP contribution in [0.1, 0.15) is 17.4 Å². The summed E-state index contributed by atoms with van der Waals surface area (Å²) >= 11 is 0. The Labute approximate surface area is 97.6 Å². The summed E-state index contributed by atoms with van der Waals surface area (Å²) in [4.78, 5) is 13.9. The van der Waals surface area contributed by atoms with Crippen LogP contribution in [0.25, 0.3) is 10.9 Å². The number of aliphatic carboxylic acids is 1. The molecule has 0 aliphatic heterocycles. The lowest BCUT2D eigenvalue weighted by Gasteiger charge is -2.06. The molecule has 1 aromatic carbocycles. The van der Waals surface area contributed by atoms with E-state index in [0.29, 0.717) is 27.9 Å². The maximum Gasteiger partial charge on any atom is 0.337 e. The molecule has 0 amide bonds. The molecule has 90 valence electrons. The Balaban J connectivity index is 2.72. The van der Waals surface area contributed by atoms with Gasteiger partial charge in [-0.05, 0) is 13.0 Å². The minimum Gasteiger partial charge on any atom is -0.495 e. The summed E-state index contributed by atoms with van der Waals surface area (Å²) < 4.78 is 5.18. The minimum atomic E-state index is -1.53. The van der Waals surface area contributed by atoms with E-state index in [9.17, 15) is 9.90 Å². The Bertz CT molecular complexity index is 573. The Hall–Kier alpha value is -2.01. The van der Waals surface area contributed by atoms with Crippen molar-refractivity contribution in [1.82, 2.24) is 4.98 Å². The number of hydrogen-bond acceptors (Lipinski definition) is 3. The van der Waals surface area contributed by atoms with Crippen LogP contribution in [0.4, 0.5) is 0 Å². The average molecular weight is 235 g/mol. The molecule has 0 radical (unpaired) electrons. The summed E-state index contributed by atoms with van der Waals surface area (Å²) in [5.41, 5.74) is 1.70. The maximum absolute atomic E-state index is 10.9. The van der Waals surface area contributed by atoms with Gasteiger partial charge in [-0.3, -0.25) is 0 Å². The summed E-state index contributed by atoms with van der Waals surface area (Å²) in [5, 5.41) is 19.2. The summed E-state index contributed by atoms with van der Waals surface area (Å²) in [6, 6.07) is 5.28. The lowest BCUT2D eigenvalue weighted by molar-refractivity contribution is -0.146. The molecule has 0 aliphatic carbocycles. The molecule has 17 heavy (non-hydrogen) atoms. The van der Waals surface area contributed by atoms with Crippen molar-refractivity contribution >= 4 is 16.9 Å². The largest absolute Gasteiger partial charge is 0.495 e. The number of ether oxygens (including phenoxy) is 1. The van der Waals surface area contributed by atoms with Gasteiger partial charge >= 0.3 is 5.97 Å². The highest BCUT2D eigenvalue weighted by atomic mass is 16.5. The number of aromatic amines is 1. The van der Waals surface area contributed by atoms with Gasteiger partial charge in [0.25, 0.3) is 0 Å². The van der Waals surface area contributed by atoms with Crippen molar-refractivity contribution in [2.75, 3.05) is 7.11 Å². The minimum absolute atomic E-state index is 0.381. The molecule has 0 fully saturated rings. The molecule has 1 unspecified atom stereocenters. The topological polar surface area (TPSA) is 82.6 Å². The van der Waals surface area contributed by atoms with Crippen LogP contribution in [0.5, 0.6) is 5.75 Å². The third kappa shape index (κ3) is 1.74.